The van der Waals surface area contributed by atoms with Crippen LogP contribution in [-0.2, 0) is 0 Å². The summed E-state index contributed by atoms with van der Waals surface area (Å²) in [4.78, 5) is 23.2. The summed E-state index contributed by atoms with van der Waals surface area (Å²) in [7, 11) is 3.09. The third-order valence-corrected chi connectivity index (χ3v) is 13.2. The summed E-state index contributed by atoms with van der Waals surface area (Å²) in [5.41, 5.74) is 7.67. The molecule has 6 nitrogen and oxygen atoms in total. The third kappa shape index (κ3) is 7.81. The van der Waals surface area contributed by atoms with Gasteiger partial charge in [-0.15, -0.1) is 0 Å². The van der Waals surface area contributed by atoms with Crippen molar-refractivity contribution in [3.05, 3.63) is 57.6 Å². The fourth-order valence-electron chi connectivity index (χ4n) is 11.3. The highest BCUT2D eigenvalue weighted by molar-refractivity contribution is 6.34. The van der Waals surface area contributed by atoms with E-state index >= 15 is 0 Å². The van der Waals surface area contributed by atoms with Gasteiger partial charge >= 0.3 is 5.97 Å². The molecule has 0 unspecified atom stereocenters. The van der Waals surface area contributed by atoms with Crippen molar-refractivity contribution in [1.82, 2.24) is 0 Å². The second kappa shape index (κ2) is 14.3. The fraction of sp³-hybridized carbons (Fsp3) is 0.641. The van der Waals surface area contributed by atoms with Crippen molar-refractivity contribution < 1.29 is 24.2 Å². The number of carboxylic acid groups (broad SMARTS) is 1. The standard InChI is InChI=1S/C20H25ClO2.C11H19N.C8H7ClO3/c1-23-16-2-3-18(21)17(9-16)19(22)4-5-20-10-13-6-14(11-20)8-15(7-13)12-20;12-7-11-4-8-1-9(5-11)3-10(2-8)6-11;1-12-5-2-3-7(9)6(4-5)8(10)11/h2-3,9,13-15H,4-8,10-12H2,1H3;8-10H,1-7,12H2;2-4H,1H3,(H,10,11). The average molecular weight is 685 g/mol. The molecule has 0 aliphatic heterocycles. The Kier molecular flexibility index (Phi) is 10.5. The number of Topliss-reactive ketones (excluding diaryl/α,β-unsaturated/α-hetero) is 1. The molecule has 0 aromatic heterocycles. The number of hydrogen-bond donors (Lipinski definition) is 2. The quantitative estimate of drug-likeness (QED) is 0.269. The van der Waals surface area contributed by atoms with Crippen LogP contribution in [0.4, 0.5) is 0 Å². The van der Waals surface area contributed by atoms with Gasteiger partial charge in [-0.2, -0.15) is 0 Å². The minimum atomic E-state index is -1.06. The van der Waals surface area contributed by atoms with Crippen molar-refractivity contribution in [2.75, 3.05) is 20.8 Å². The highest BCUT2D eigenvalue weighted by Gasteiger charge is 2.51. The summed E-state index contributed by atoms with van der Waals surface area (Å²) in [5, 5.41) is 9.40. The Morgan fingerprint density at radius 3 is 1.47 bits per heavy atom. The van der Waals surface area contributed by atoms with E-state index in [1.54, 1.807) is 31.4 Å². The van der Waals surface area contributed by atoms with Crippen LogP contribution in [0.15, 0.2) is 36.4 Å². The van der Waals surface area contributed by atoms with Gasteiger partial charge in [0.2, 0.25) is 0 Å². The highest BCUT2D eigenvalue weighted by Crippen LogP contribution is 2.62. The molecule has 8 aliphatic rings. The van der Waals surface area contributed by atoms with E-state index in [0.717, 1.165) is 48.5 Å². The maximum Gasteiger partial charge on any atom is 0.337 e. The van der Waals surface area contributed by atoms with Crippen LogP contribution in [0.5, 0.6) is 11.5 Å². The van der Waals surface area contributed by atoms with Crippen molar-refractivity contribution in [3.8, 4) is 11.5 Å². The maximum atomic E-state index is 12.7. The van der Waals surface area contributed by atoms with E-state index < -0.39 is 5.97 Å². The summed E-state index contributed by atoms with van der Waals surface area (Å²) in [6.45, 7) is 0.969. The summed E-state index contributed by atoms with van der Waals surface area (Å²) in [6.07, 6.45) is 19.1. The van der Waals surface area contributed by atoms with Crippen molar-refractivity contribution in [2.24, 2.45) is 52.1 Å². The molecule has 0 atom stereocenters. The largest absolute Gasteiger partial charge is 0.497 e. The summed E-state index contributed by atoms with van der Waals surface area (Å²) >= 11 is 11.8. The maximum absolute atomic E-state index is 12.7. The van der Waals surface area contributed by atoms with Gasteiger partial charge in [0, 0.05) is 12.0 Å². The lowest BCUT2D eigenvalue weighted by atomic mass is 9.48. The number of carboxylic acids is 1. The number of rotatable bonds is 8. The Bertz CT molecular complexity index is 1390. The number of carbonyl (C=O) groups excluding carboxylic acids is 1. The Balaban J connectivity index is 0.000000136. The second-order valence-corrected chi connectivity index (χ2v) is 16.8. The number of methoxy groups -OCH3 is 2. The van der Waals surface area contributed by atoms with Gasteiger partial charge in [0.15, 0.2) is 5.78 Å². The Hall–Kier alpha value is -2.28. The zero-order valence-electron chi connectivity index (χ0n) is 27.9. The zero-order valence-corrected chi connectivity index (χ0v) is 29.5. The van der Waals surface area contributed by atoms with Gasteiger partial charge in [-0.1, -0.05) is 23.2 Å². The molecule has 47 heavy (non-hydrogen) atoms. The van der Waals surface area contributed by atoms with E-state index in [9.17, 15) is 9.59 Å². The average Bonchev–Trinajstić information content (AvgIpc) is 3.03. The minimum Gasteiger partial charge on any atom is -0.497 e. The molecule has 2 aromatic rings. The SMILES string of the molecule is COc1ccc(Cl)c(C(=O)CCC23CC4CC(CC(C4)C2)C3)c1.COc1ccc(Cl)c(C(=O)O)c1.NCC12CC3CC(CC(C3)C1)C2. The second-order valence-electron chi connectivity index (χ2n) is 16.0. The summed E-state index contributed by atoms with van der Waals surface area (Å²) in [6, 6.07) is 9.82. The molecule has 0 heterocycles. The number of hydrogen-bond acceptors (Lipinski definition) is 5. The van der Waals surface area contributed by atoms with Crippen LogP contribution in [-0.4, -0.2) is 37.6 Å². The minimum absolute atomic E-state index is 0.0519. The lowest BCUT2D eigenvalue weighted by Gasteiger charge is -2.57. The van der Waals surface area contributed by atoms with E-state index in [1.165, 1.54) is 96.3 Å². The molecule has 0 radical (unpaired) electrons. The topological polar surface area (TPSA) is 98.8 Å². The first kappa shape index (κ1) is 34.6. The molecule has 8 aliphatic carbocycles. The van der Waals surface area contributed by atoms with Crippen LogP contribution in [0.25, 0.3) is 0 Å². The van der Waals surface area contributed by atoms with Gasteiger partial charge in [-0.25, -0.2) is 4.79 Å². The predicted octanol–water partition coefficient (Wildman–Crippen LogP) is 9.74. The highest BCUT2D eigenvalue weighted by atomic mass is 35.5. The zero-order chi connectivity index (χ0) is 33.3. The van der Waals surface area contributed by atoms with Crippen LogP contribution in [0.1, 0.15) is 111 Å². The first-order chi connectivity index (χ1) is 22.5. The van der Waals surface area contributed by atoms with Crippen molar-refractivity contribution >= 4 is 35.0 Å². The number of nitrogens with two attached hydrogens (primary N) is 1. The molecule has 2 aromatic carbocycles. The lowest BCUT2D eigenvalue weighted by molar-refractivity contribution is -0.0570. The molecular formula is C39H51Cl2NO5. The van der Waals surface area contributed by atoms with E-state index in [2.05, 4.69) is 0 Å². The van der Waals surface area contributed by atoms with Gasteiger partial charge in [0.1, 0.15) is 11.5 Å². The smallest absolute Gasteiger partial charge is 0.337 e. The molecule has 256 valence electrons. The van der Waals surface area contributed by atoms with Crippen LogP contribution < -0.4 is 15.2 Å². The molecule has 3 N–H and O–H groups in total. The van der Waals surface area contributed by atoms with Crippen LogP contribution in [0.2, 0.25) is 10.0 Å². The van der Waals surface area contributed by atoms with E-state index in [4.69, 9.17) is 43.5 Å². The molecule has 8 heteroatoms. The van der Waals surface area contributed by atoms with Crippen molar-refractivity contribution in [3.63, 3.8) is 0 Å². The van der Waals surface area contributed by atoms with Gasteiger partial charge in [0.05, 0.1) is 29.8 Å². The number of ether oxygens (including phenoxy) is 2. The lowest BCUT2D eigenvalue weighted by Crippen LogP contribution is -2.49. The molecule has 8 saturated carbocycles. The number of carbonyl (C=O) groups is 2. The van der Waals surface area contributed by atoms with E-state index in [0.29, 0.717) is 39.3 Å². The van der Waals surface area contributed by atoms with Crippen molar-refractivity contribution in [2.45, 2.75) is 89.9 Å². The van der Waals surface area contributed by atoms with E-state index in [-0.39, 0.29) is 16.4 Å². The van der Waals surface area contributed by atoms with Crippen LogP contribution in [0, 0.1) is 46.3 Å². The number of halogens is 2. The van der Waals surface area contributed by atoms with Crippen LogP contribution >= 0.6 is 23.2 Å². The number of benzene rings is 2. The first-order valence-corrected chi connectivity index (χ1v) is 18.4. The third-order valence-electron chi connectivity index (χ3n) is 12.5. The van der Waals surface area contributed by atoms with Crippen LogP contribution in [0.3, 0.4) is 0 Å². The molecular weight excluding hydrogens is 633 g/mol. The Labute approximate surface area is 290 Å². The Morgan fingerprint density at radius 1 is 0.702 bits per heavy atom. The van der Waals surface area contributed by atoms with Gasteiger partial charge in [-0.05, 0) is 173 Å². The van der Waals surface area contributed by atoms with Gasteiger partial charge in [-0.3, -0.25) is 4.79 Å². The first-order valence-electron chi connectivity index (χ1n) is 17.6. The monoisotopic (exact) mass is 683 g/mol. The molecule has 10 rings (SSSR count). The fourth-order valence-corrected chi connectivity index (χ4v) is 11.7. The molecule has 0 saturated heterocycles. The number of aromatic carboxylic acids is 1. The molecule has 0 spiro atoms. The number of ketones is 1. The normalized spacial score (nSPS) is 33.7. The molecule has 8 bridgehead atoms. The van der Waals surface area contributed by atoms with E-state index in [1.807, 2.05) is 0 Å². The van der Waals surface area contributed by atoms with Gasteiger partial charge in [0.25, 0.3) is 0 Å². The molecule has 8 fully saturated rings. The molecule has 0 amide bonds. The Morgan fingerprint density at radius 2 is 1.09 bits per heavy atom. The van der Waals surface area contributed by atoms with Gasteiger partial charge < -0.3 is 20.3 Å². The summed E-state index contributed by atoms with van der Waals surface area (Å²) < 4.78 is 10.1. The summed E-state index contributed by atoms with van der Waals surface area (Å²) in [5.74, 6) is 6.33. The predicted molar refractivity (Wildman–Crippen MR) is 187 cm³/mol. The van der Waals surface area contributed by atoms with Crippen molar-refractivity contribution in [1.29, 1.82) is 0 Å².